The van der Waals surface area contributed by atoms with E-state index in [-0.39, 0.29) is 24.8 Å². The number of benzene rings is 1. The summed E-state index contributed by atoms with van der Waals surface area (Å²) in [6.45, 7) is 11.9. The van der Waals surface area contributed by atoms with Gasteiger partial charge in [-0.25, -0.2) is 0 Å². The Labute approximate surface area is 207 Å². The molecule has 0 aliphatic heterocycles. The van der Waals surface area contributed by atoms with Gasteiger partial charge in [-0.3, -0.25) is 0 Å². The van der Waals surface area contributed by atoms with Crippen LogP contribution in [0, 0.1) is 5.92 Å². The molecule has 160 valence electrons. The van der Waals surface area contributed by atoms with Gasteiger partial charge >= 0.3 is 184 Å². The fourth-order valence-corrected chi connectivity index (χ4v) is 10.6. The first-order chi connectivity index (χ1) is 13.5. The van der Waals surface area contributed by atoms with Gasteiger partial charge in [0.2, 0.25) is 0 Å². The van der Waals surface area contributed by atoms with Crippen LogP contribution in [0.25, 0.3) is 0 Å². The van der Waals surface area contributed by atoms with Gasteiger partial charge in [-0.15, -0.1) is 0 Å². The van der Waals surface area contributed by atoms with E-state index in [1.807, 2.05) is 8.85 Å². The van der Waals surface area contributed by atoms with Crippen molar-refractivity contribution in [2.75, 3.05) is 0 Å². The Bertz CT molecular complexity index is 889. The van der Waals surface area contributed by atoms with Crippen LogP contribution < -0.4 is 24.8 Å². The normalized spacial score (nSPS) is 25.5. The van der Waals surface area contributed by atoms with Gasteiger partial charge in [-0.05, 0) is 0 Å². The predicted molar refractivity (Wildman–Crippen MR) is 117 cm³/mol. The van der Waals surface area contributed by atoms with Crippen LogP contribution in [0.4, 0.5) is 0 Å². The van der Waals surface area contributed by atoms with Crippen LogP contribution in [0.1, 0.15) is 78.2 Å². The van der Waals surface area contributed by atoms with E-state index < -0.39 is 23.2 Å². The van der Waals surface area contributed by atoms with Crippen molar-refractivity contribution < 1.29 is 48.0 Å². The topological polar surface area (TPSA) is 0 Å². The summed E-state index contributed by atoms with van der Waals surface area (Å²) in [5.74, 6) is 1.34. The van der Waals surface area contributed by atoms with Crippen molar-refractivity contribution >= 4 is 0 Å². The van der Waals surface area contributed by atoms with E-state index in [9.17, 15) is 0 Å². The van der Waals surface area contributed by atoms with Gasteiger partial charge in [0.25, 0.3) is 0 Å². The van der Waals surface area contributed by atoms with E-state index in [0.717, 1.165) is 3.63 Å². The summed E-state index contributed by atoms with van der Waals surface area (Å²) >= 11 is -0.668. The minimum Gasteiger partial charge on any atom is -1.00 e. The van der Waals surface area contributed by atoms with Crippen molar-refractivity contribution in [2.24, 2.45) is 5.92 Å². The van der Waals surface area contributed by atoms with E-state index in [1.54, 1.807) is 27.9 Å². The minimum absolute atomic E-state index is 0. The Morgan fingerprint density at radius 2 is 1.70 bits per heavy atom. The first-order valence-electron chi connectivity index (χ1n) is 11.2. The largest absolute Gasteiger partial charge is 1.00 e. The predicted octanol–water partition coefficient (Wildman–Crippen LogP) is 2.13. The van der Waals surface area contributed by atoms with E-state index in [0.29, 0.717) is 11.8 Å². The molecule has 3 aliphatic carbocycles. The number of rotatable bonds is 5. The van der Waals surface area contributed by atoms with Crippen molar-refractivity contribution in [1.82, 2.24) is 0 Å². The summed E-state index contributed by atoms with van der Waals surface area (Å²) < 4.78 is 2.71. The van der Waals surface area contributed by atoms with E-state index >= 15 is 0 Å². The molecule has 4 rings (SSSR count). The Hall–Kier alpha value is -0.357. The van der Waals surface area contributed by atoms with Crippen LogP contribution in [0.15, 0.2) is 73.1 Å². The molecule has 30 heavy (non-hydrogen) atoms. The Morgan fingerprint density at radius 3 is 2.30 bits per heavy atom. The summed E-state index contributed by atoms with van der Waals surface area (Å²) in [6.07, 6.45) is 9.29. The molecule has 0 nitrogen and oxygen atoms in total. The fraction of sp³-hybridized carbons (Fsp3) is 0.481. The zero-order valence-corrected chi connectivity index (χ0v) is 23.0. The molecule has 1 aromatic rings. The summed E-state index contributed by atoms with van der Waals surface area (Å²) in [5.41, 5.74) is 11.8. The maximum absolute atomic E-state index is 2.67. The van der Waals surface area contributed by atoms with Gasteiger partial charge < -0.3 is 24.8 Å². The van der Waals surface area contributed by atoms with Gasteiger partial charge in [-0.2, -0.15) is 0 Å². The van der Waals surface area contributed by atoms with Gasteiger partial charge in [0.1, 0.15) is 0 Å². The van der Waals surface area contributed by atoms with Crippen LogP contribution >= 0.6 is 0 Å². The maximum Gasteiger partial charge on any atom is -1.00 e. The van der Waals surface area contributed by atoms with Crippen LogP contribution in [-0.4, -0.2) is 0 Å². The molecule has 0 radical (unpaired) electrons. The minimum atomic E-state index is -0.668. The zero-order valence-electron chi connectivity index (χ0n) is 19.0. The molecule has 3 aliphatic rings. The van der Waals surface area contributed by atoms with Gasteiger partial charge in [-0.1, -0.05) is 0 Å². The van der Waals surface area contributed by atoms with Crippen LogP contribution in [0.3, 0.4) is 0 Å². The average Bonchev–Trinajstić information content (AvgIpc) is 3.15. The van der Waals surface area contributed by atoms with Crippen LogP contribution in [-0.2, 0) is 23.2 Å². The third-order valence-corrected chi connectivity index (χ3v) is 12.7. The number of allylic oxidation sites excluding steroid dienone is 8. The molecule has 0 amide bonds. The molecular formula is C27H34Cl2Zr. The molecule has 0 fully saturated rings. The van der Waals surface area contributed by atoms with Gasteiger partial charge in [0.15, 0.2) is 0 Å². The van der Waals surface area contributed by atoms with Crippen molar-refractivity contribution in [2.45, 2.75) is 76.3 Å². The zero-order chi connectivity index (χ0) is 19.8. The summed E-state index contributed by atoms with van der Waals surface area (Å²) in [4.78, 5) is 0. The molecule has 0 spiro atoms. The Morgan fingerprint density at radius 1 is 1.00 bits per heavy atom. The molecular weight excluding hydrogens is 486 g/mol. The molecule has 0 aromatic heterocycles. The van der Waals surface area contributed by atoms with E-state index in [4.69, 9.17) is 0 Å². The van der Waals surface area contributed by atoms with Crippen molar-refractivity contribution in [3.8, 4) is 0 Å². The molecule has 3 atom stereocenters. The Balaban J connectivity index is 0.00000160. The third kappa shape index (κ3) is 4.70. The van der Waals surface area contributed by atoms with Crippen LogP contribution in [0.5, 0.6) is 0 Å². The second kappa shape index (κ2) is 11.0. The molecule has 3 unspecified atom stereocenters. The smallest absolute Gasteiger partial charge is 1.00 e. The molecule has 0 bridgehead atoms. The van der Waals surface area contributed by atoms with E-state index in [2.05, 4.69) is 71.0 Å². The average molecular weight is 521 g/mol. The van der Waals surface area contributed by atoms with Crippen molar-refractivity contribution in [3.05, 3.63) is 78.7 Å². The second-order valence-electron chi connectivity index (χ2n) is 8.95. The number of halogens is 2. The number of hydrogen-bond acceptors (Lipinski definition) is 0. The SMILES string of the molecule is CCCC1=CC2=C(CCCC2c2ccccc2)[CH]1[Zr+2][C]1=C(C)C(C)=C(C)C1C.[Cl-].[Cl-]. The Kier molecular flexibility index (Phi) is 9.48. The first kappa shape index (κ1) is 25.9. The summed E-state index contributed by atoms with van der Waals surface area (Å²) in [5, 5.41) is 0. The first-order valence-corrected chi connectivity index (χ1v) is 13.8. The number of hydrogen-bond donors (Lipinski definition) is 0. The molecule has 0 heterocycles. The molecule has 1 aromatic carbocycles. The van der Waals surface area contributed by atoms with E-state index in [1.165, 1.54) is 37.7 Å². The van der Waals surface area contributed by atoms with Gasteiger partial charge in [0.05, 0.1) is 0 Å². The standard InChI is InChI=1S/C18H21.C9H13.2ClH.Zr/c1-2-7-14-12-16-10-6-11-17(18(16)13-14)15-8-4-3-5-9-15;1-6-5-7(2)9(4)8(6)3;;;/h3-5,8-9,12-13,17H,2,6-7,10-11H2,1H3;6H,1-4H3;2*1H;/q;;;;+2/p-2. The molecule has 0 N–H and O–H groups in total. The fourth-order valence-electron chi connectivity index (χ4n) is 5.50. The van der Waals surface area contributed by atoms with Gasteiger partial charge in [0, 0.05) is 0 Å². The summed E-state index contributed by atoms with van der Waals surface area (Å²) in [7, 11) is 0. The quantitative estimate of drug-likeness (QED) is 0.558. The summed E-state index contributed by atoms with van der Waals surface area (Å²) in [6, 6.07) is 11.3. The van der Waals surface area contributed by atoms with Crippen LogP contribution in [0.2, 0.25) is 3.63 Å². The van der Waals surface area contributed by atoms with Crippen molar-refractivity contribution in [3.63, 3.8) is 0 Å². The second-order valence-corrected chi connectivity index (χ2v) is 12.4. The van der Waals surface area contributed by atoms with Crippen molar-refractivity contribution in [1.29, 1.82) is 0 Å². The third-order valence-electron chi connectivity index (χ3n) is 7.43. The molecule has 3 heteroatoms. The maximum atomic E-state index is 2.67. The molecule has 0 saturated heterocycles. The monoisotopic (exact) mass is 518 g/mol. The molecule has 0 saturated carbocycles.